The number of nitrogens with zero attached hydrogens (tertiary/aromatic N) is 1. The molecule has 0 aromatic heterocycles. The number of hydrogen-bond donors (Lipinski definition) is 0. The molecule has 4 nitrogen and oxygen atoms in total. The fourth-order valence-electron chi connectivity index (χ4n) is 2.81. The van der Waals surface area contributed by atoms with Crippen LogP contribution in [0.5, 0.6) is 11.5 Å². The lowest BCUT2D eigenvalue weighted by Gasteiger charge is -2.29. The Morgan fingerprint density at radius 1 is 1.24 bits per heavy atom. The van der Waals surface area contributed by atoms with Crippen molar-refractivity contribution in [1.29, 1.82) is 0 Å². The summed E-state index contributed by atoms with van der Waals surface area (Å²) in [5.41, 5.74) is 0.486. The predicted octanol–water partition coefficient (Wildman–Crippen LogP) is 3.33. The molecule has 1 heterocycles. The highest BCUT2D eigenvalue weighted by atomic mass is 35.5. The summed E-state index contributed by atoms with van der Waals surface area (Å²) in [4.78, 5) is 14.9. The maximum Gasteiger partial charge on any atom is 0.261 e. The molecular formula is C16H22ClNO3. The summed E-state index contributed by atoms with van der Waals surface area (Å²) in [6.45, 7) is 0.734. The van der Waals surface area contributed by atoms with Gasteiger partial charge in [-0.2, -0.15) is 0 Å². The van der Waals surface area contributed by atoms with Gasteiger partial charge in [0.05, 0.1) is 14.2 Å². The van der Waals surface area contributed by atoms with Gasteiger partial charge < -0.3 is 14.4 Å². The van der Waals surface area contributed by atoms with Crippen LogP contribution >= 0.6 is 11.6 Å². The average Bonchev–Trinajstić information content (AvgIpc) is 2.78. The molecule has 1 saturated heterocycles. The number of carbonyl (C=O) groups excluding carboxylic acids is 1. The Kier molecular flexibility index (Phi) is 5.74. The van der Waals surface area contributed by atoms with E-state index in [2.05, 4.69) is 0 Å². The van der Waals surface area contributed by atoms with Gasteiger partial charge >= 0.3 is 0 Å². The second-order valence-electron chi connectivity index (χ2n) is 5.19. The van der Waals surface area contributed by atoms with Crippen molar-refractivity contribution in [3.63, 3.8) is 0 Å². The van der Waals surface area contributed by atoms with Gasteiger partial charge in [-0.05, 0) is 25.0 Å². The van der Waals surface area contributed by atoms with Crippen LogP contribution in [0.25, 0.3) is 0 Å². The number of methoxy groups -OCH3 is 2. The second kappa shape index (κ2) is 7.55. The van der Waals surface area contributed by atoms with Crippen molar-refractivity contribution < 1.29 is 14.3 Å². The van der Waals surface area contributed by atoms with Gasteiger partial charge in [-0.15, -0.1) is 11.6 Å². The first-order valence-corrected chi connectivity index (χ1v) is 7.84. The summed E-state index contributed by atoms with van der Waals surface area (Å²) in [6, 6.07) is 5.46. The van der Waals surface area contributed by atoms with Crippen LogP contribution in [0, 0.1) is 0 Å². The number of ether oxygens (including phenoxy) is 2. The smallest absolute Gasteiger partial charge is 0.261 e. The predicted molar refractivity (Wildman–Crippen MR) is 83.6 cm³/mol. The zero-order chi connectivity index (χ0) is 15.2. The minimum absolute atomic E-state index is 0.0585. The highest BCUT2D eigenvalue weighted by molar-refractivity contribution is 6.18. The van der Waals surface area contributed by atoms with Crippen LogP contribution < -0.4 is 9.47 Å². The van der Waals surface area contributed by atoms with Gasteiger partial charge in [0, 0.05) is 18.5 Å². The molecule has 0 aliphatic carbocycles. The molecule has 1 atom stereocenters. The Labute approximate surface area is 131 Å². The number of amides is 1. The van der Waals surface area contributed by atoms with E-state index in [-0.39, 0.29) is 11.9 Å². The summed E-state index contributed by atoms with van der Waals surface area (Å²) in [6.07, 6.45) is 4.22. The largest absolute Gasteiger partial charge is 0.496 e. The van der Waals surface area contributed by atoms with Crippen LogP contribution in [0.15, 0.2) is 18.2 Å². The van der Waals surface area contributed by atoms with Crippen LogP contribution in [0.1, 0.15) is 36.0 Å². The van der Waals surface area contributed by atoms with Crippen molar-refractivity contribution >= 4 is 17.5 Å². The first kappa shape index (κ1) is 16.0. The van der Waals surface area contributed by atoms with Crippen LogP contribution in [0.3, 0.4) is 0 Å². The van der Waals surface area contributed by atoms with Crippen LogP contribution in [0.4, 0.5) is 0 Å². The van der Waals surface area contributed by atoms with Crippen LogP contribution in [-0.4, -0.2) is 43.5 Å². The molecule has 1 aromatic carbocycles. The molecule has 1 amide bonds. The number of rotatable bonds is 4. The SMILES string of the molecule is COc1cccc(OC)c1C(=O)N1CCCCCC1CCl. The van der Waals surface area contributed by atoms with Gasteiger partial charge in [-0.3, -0.25) is 4.79 Å². The molecule has 1 aliphatic rings. The number of carbonyl (C=O) groups is 1. The molecule has 0 saturated carbocycles. The molecule has 1 unspecified atom stereocenters. The molecule has 0 spiro atoms. The van der Waals surface area contributed by atoms with Crippen molar-refractivity contribution in [2.75, 3.05) is 26.6 Å². The third kappa shape index (κ3) is 3.43. The number of benzene rings is 1. The van der Waals surface area contributed by atoms with Crippen molar-refractivity contribution in [3.05, 3.63) is 23.8 Å². The van der Waals surface area contributed by atoms with Gasteiger partial charge in [0.25, 0.3) is 5.91 Å². The Morgan fingerprint density at radius 2 is 1.90 bits per heavy atom. The lowest BCUT2D eigenvalue weighted by Crippen LogP contribution is -2.41. The van der Waals surface area contributed by atoms with Crippen LogP contribution in [0.2, 0.25) is 0 Å². The molecule has 0 N–H and O–H groups in total. The van der Waals surface area contributed by atoms with E-state index >= 15 is 0 Å². The second-order valence-corrected chi connectivity index (χ2v) is 5.50. The number of hydrogen-bond acceptors (Lipinski definition) is 3. The fraction of sp³-hybridized carbons (Fsp3) is 0.562. The van der Waals surface area contributed by atoms with Crippen molar-refractivity contribution in [2.24, 2.45) is 0 Å². The molecular weight excluding hydrogens is 290 g/mol. The van der Waals surface area contributed by atoms with E-state index in [0.717, 1.165) is 32.2 Å². The zero-order valence-electron chi connectivity index (χ0n) is 12.6. The first-order chi connectivity index (χ1) is 10.2. The Balaban J connectivity index is 2.37. The minimum atomic E-state index is -0.0585. The fourth-order valence-corrected chi connectivity index (χ4v) is 3.13. The average molecular weight is 312 g/mol. The lowest BCUT2D eigenvalue weighted by molar-refractivity contribution is 0.0693. The van der Waals surface area contributed by atoms with Gasteiger partial charge in [0.1, 0.15) is 17.1 Å². The lowest BCUT2D eigenvalue weighted by atomic mass is 10.1. The van der Waals surface area contributed by atoms with Crippen molar-refractivity contribution in [1.82, 2.24) is 4.90 Å². The number of likely N-dealkylation sites (tertiary alicyclic amines) is 1. The molecule has 1 aliphatic heterocycles. The van der Waals surface area contributed by atoms with Gasteiger partial charge in [0.2, 0.25) is 0 Å². The molecule has 1 aromatic rings. The summed E-state index contributed by atoms with van der Waals surface area (Å²) >= 11 is 6.07. The third-order valence-electron chi connectivity index (χ3n) is 3.96. The maximum atomic E-state index is 13.0. The van der Waals surface area contributed by atoms with Crippen LogP contribution in [-0.2, 0) is 0 Å². The normalized spacial score (nSPS) is 19.0. The highest BCUT2D eigenvalue weighted by Gasteiger charge is 2.29. The minimum Gasteiger partial charge on any atom is -0.496 e. The highest BCUT2D eigenvalue weighted by Crippen LogP contribution is 2.31. The van der Waals surface area contributed by atoms with E-state index in [1.54, 1.807) is 26.4 Å². The van der Waals surface area contributed by atoms with E-state index in [4.69, 9.17) is 21.1 Å². The summed E-state index contributed by atoms with van der Waals surface area (Å²) < 4.78 is 10.7. The quantitative estimate of drug-likeness (QED) is 0.801. The van der Waals surface area contributed by atoms with E-state index in [1.165, 1.54) is 0 Å². The van der Waals surface area contributed by atoms with E-state index in [1.807, 2.05) is 11.0 Å². The Hall–Kier alpha value is -1.42. The van der Waals surface area contributed by atoms with E-state index in [9.17, 15) is 4.79 Å². The summed E-state index contributed by atoms with van der Waals surface area (Å²) in [7, 11) is 3.13. The molecule has 1 fully saturated rings. The summed E-state index contributed by atoms with van der Waals surface area (Å²) in [5.74, 6) is 1.48. The van der Waals surface area contributed by atoms with Crippen molar-refractivity contribution in [2.45, 2.75) is 31.7 Å². The maximum absolute atomic E-state index is 13.0. The van der Waals surface area contributed by atoms with E-state index < -0.39 is 0 Å². The zero-order valence-corrected chi connectivity index (χ0v) is 13.4. The number of halogens is 1. The Bertz CT molecular complexity index is 470. The van der Waals surface area contributed by atoms with Gasteiger partial charge in [-0.1, -0.05) is 18.9 Å². The van der Waals surface area contributed by atoms with Crippen molar-refractivity contribution in [3.8, 4) is 11.5 Å². The molecule has 5 heteroatoms. The standard InChI is InChI=1S/C16H22ClNO3/c1-20-13-8-6-9-14(21-2)15(13)16(19)18-10-5-3-4-7-12(18)11-17/h6,8-9,12H,3-5,7,10-11H2,1-2H3. The molecule has 0 radical (unpaired) electrons. The third-order valence-corrected chi connectivity index (χ3v) is 4.31. The molecule has 0 bridgehead atoms. The van der Waals surface area contributed by atoms with Gasteiger partial charge in [-0.25, -0.2) is 0 Å². The number of alkyl halides is 1. The monoisotopic (exact) mass is 311 g/mol. The summed E-state index contributed by atoms with van der Waals surface area (Å²) in [5, 5.41) is 0. The van der Waals surface area contributed by atoms with Gasteiger partial charge in [0.15, 0.2) is 0 Å². The molecule has 21 heavy (non-hydrogen) atoms. The van der Waals surface area contributed by atoms with E-state index in [0.29, 0.717) is 22.9 Å². The Morgan fingerprint density at radius 3 is 2.48 bits per heavy atom. The molecule has 2 rings (SSSR count). The topological polar surface area (TPSA) is 38.8 Å². The first-order valence-electron chi connectivity index (χ1n) is 7.30. The molecule has 116 valence electrons.